The van der Waals surface area contributed by atoms with Crippen LogP contribution in [0.3, 0.4) is 0 Å². The van der Waals surface area contributed by atoms with Crippen molar-refractivity contribution in [1.29, 1.82) is 0 Å². The molecule has 0 saturated heterocycles. The van der Waals surface area contributed by atoms with E-state index in [-0.39, 0.29) is 0 Å². The highest BCUT2D eigenvalue weighted by Crippen LogP contribution is 2.55. The summed E-state index contributed by atoms with van der Waals surface area (Å²) in [6.45, 7) is 0. The van der Waals surface area contributed by atoms with Crippen molar-refractivity contribution in [2.24, 2.45) is 0 Å². The maximum atomic E-state index is 2.34. The lowest BCUT2D eigenvalue weighted by atomic mass is 9.97. The molecule has 0 radical (unpaired) electrons. The Balaban J connectivity index is 1.75. The van der Waals surface area contributed by atoms with E-state index in [1.807, 2.05) is 0 Å². The summed E-state index contributed by atoms with van der Waals surface area (Å²) in [4.78, 5) is 0. The SMILES string of the molecule is c1cc2cccc3c2c(c1)c1c2c4cccc5cccc(c54)c2c2c4cccc5cccc(c54)c2c31. The summed E-state index contributed by atoms with van der Waals surface area (Å²) >= 11 is 0. The van der Waals surface area contributed by atoms with Crippen molar-refractivity contribution >= 4 is 97.0 Å². The van der Waals surface area contributed by atoms with Crippen LogP contribution in [-0.2, 0) is 0 Å². The zero-order valence-electron chi connectivity index (χ0n) is 19.4. The largest absolute Gasteiger partial charge is 0.0610 e. The van der Waals surface area contributed by atoms with Crippen LogP contribution in [0.5, 0.6) is 0 Å². The van der Waals surface area contributed by atoms with E-state index >= 15 is 0 Å². The van der Waals surface area contributed by atoms with E-state index in [9.17, 15) is 0 Å². The lowest BCUT2D eigenvalue weighted by molar-refractivity contribution is 1.85. The van der Waals surface area contributed by atoms with E-state index in [1.165, 1.54) is 97.0 Å². The molecule has 0 nitrogen and oxygen atoms in total. The first kappa shape index (κ1) is 17.7. The van der Waals surface area contributed by atoms with Crippen molar-refractivity contribution in [3.63, 3.8) is 0 Å². The molecule has 10 rings (SSSR count). The standard InChI is InChI=1S/C36H18/c1-7-19-8-2-14-23-28(19)22(13-1)31-32(23)34-26-17-5-11-21-12-6-18-27(30(21)26)36(34)35-25-16-4-10-20-9-3-15-24(29(20)25)33(31)35/h1-18H. The Morgan fingerprint density at radius 3 is 0.583 bits per heavy atom. The highest BCUT2D eigenvalue weighted by Gasteiger charge is 2.26. The van der Waals surface area contributed by atoms with Crippen molar-refractivity contribution in [3.05, 3.63) is 109 Å². The van der Waals surface area contributed by atoms with Gasteiger partial charge in [-0.05, 0) is 97.0 Å². The van der Waals surface area contributed by atoms with Gasteiger partial charge in [-0.25, -0.2) is 0 Å². The molecule has 0 spiro atoms. The van der Waals surface area contributed by atoms with Crippen LogP contribution in [0.4, 0.5) is 0 Å². The van der Waals surface area contributed by atoms with Crippen LogP contribution >= 0.6 is 0 Å². The van der Waals surface area contributed by atoms with Crippen LogP contribution in [0.25, 0.3) is 97.0 Å². The molecule has 10 aromatic rings. The molecule has 36 heavy (non-hydrogen) atoms. The molecule has 0 unspecified atom stereocenters. The first-order valence-electron chi connectivity index (χ1n) is 12.7. The van der Waals surface area contributed by atoms with E-state index in [2.05, 4.69) is 109 Å². The molecule has 0 amide bonds. The Kier molecular flexibility index (Phi) is 2.83. The predicted octanol–water partition coefficient (Wildman–Crippen LogP) is 10.4. The molecule has 0 N–H and O–H groups in total. The molecule has 0 aromatic heterocycles. The zero-order chi connectivity index (χ0) is 23.1. The summed E-state index contributed by atoms with van der Waals surface area (Å²) in [6, 6.07) is 41.0. The Hall–Kier alpha value is -4.68. The minimum atomic E-state index is 1.33. The molecular weight excluding hydrogens is 432 g/mol. The fourth-order valence-corrected chi connectivity index (χ4v) is 7.64. The molecule has 162 valence electrons. The van der Waals surface area contributed by atoms with Crippen molar-refractivity contribution in [1.82, 2.24) is 0 Å². The molecule has 0 atom stereocenters. The van der Waals surface area contributed by atoms with Crippen molar-refractivity contribution < 1.29 is 0 Å². The fraction of sp³-hybridized carbons (Fsp3) is 0. The lowest BCUT2D eigenvalue weighted by Gasteiger charge is -2.04. The van der Waals surface area contributed by atoms with Gasteiger partial charge in [-0.2, -0.15) is 0 Å². The Morgan fingerprint density at radius 2 is 0.389 bits per heavy atom. The zero-order valence-corrected chi connectivity index (χ0v) is 19.4. The van der Waals surface area contributed by atoms with E-state index < -0.39 is 0 Å². The van der Waals surface area contributed by atoms with Crippen LogP contribution in [0, 0.1) is 0 Å². The van der Waals surface area contributed by atoms with Crippen LogP contribution in [-0.4, -0.2) is 0 Å². The summed E-state index contributed by atoms with van der Waals surface area (Å²) in [7, 11) is 0. The molecular formula is C36H18. The number of fused-ring (bicyclic) bond motifs is 12. The third-order valence-corrected chi connectivity index (χ3v) is 8.83. The van der Waals surface area contributed by atoms with Gasteiger partial charge in [0.2, 0.25) is 0 Å². The summed E-state index contributed by atoms with van der Waals surface area (Å²) in [5.74, 6) is 0. The average Bonchev–Trinajstić information content (AvgIpc) is 3.55. The molecule has 0 heteroatoms. The minimum Gasteiger partial charge on any atom is -0.0610 e. The highest BCUT2D eigenvalue weighted by molar-refractivity contribution is 6.55. The first-order valence-corrected chi connectivity index (χ1v) is 12.7. The number of rotatable bonds is 0. The Bertz CT molecular complexity index is 2040. The van der Waals surface area contributed by atoms with E-state index in [0.717, 1.165) is 0 Å². The predicted molar refractivity (Wildman–Crippen MR) is 158 cm³/mol. The van der Waals surface area contributed by atoms with E-state index in [0.29, 0.717) is 0 Å². The molecule has 0 aliphatic heterocycles. The second kappa shape index (κ2) is 5.75. The Morgan fingerprint density at radius 1 is 0.194 bits per heavy atom. The van der Waals surface area contributed by atoms with Gasteiger partial charge < -0.3 is 0 Å². The van der Waals surface area contributed by atoms with Gasteiger partial charge in [0.15, 0.2) is 0 Å². The van der Waals surface area contributed by atoms with Gasteiger partial charge in [-0.1, -0.05) is 109 Å². The summed E-state index contributed by atoms with van der Waals surface area (Å²) < 4.78 is 0. The van der Waals surface area contributed by atoms with Gasteiger partial charge in [0.25, 0.3) is 0 Å². The third-order valence-electron chi connectivity index (χ3n) is 8.83. The summed E-state index contributed by atoms with van der Waals surface area (Å²) in [5, 5.41) is 25.0. The molecule has 0 heterocycles. The van der Waals surface area contributed by atoms with Gasteiger partial charge in [-0.15, -0.1) is 0 Å². The second-order valence-electron chi connectivity index (χ2n) is 10.4. The summed E-state index contributed by atoms with van der Waals surface area (Å²) in [5.41, 5.74) is 0. The lowest BCUT2D eigenvalue weighted by Crippen LogP contribution is -1.75. The average molecular weight is 451 g/mol. The van der Waals surface area contributed by atoms with Gasteiger partial charge in [0.05, 0.1) is 0 Å². The quantitative estimate of drug-likeness (QED) is 0.215. The monoisotopic (exact) mass is 450 g/mol. The maximum absolute atomic E-state index is 2.34. The molecule has 0 aliphatic rings. The molecule has 0 fully saturated rings. The van der Waals surface area contributed by atoms with Crippen LogP contribution in [0.1, 0.15) is 0 Å². The first-order chi connectivity index (χ1) is 17.9. The molecule has 0 saturated carbocycles. The third kappa shape index (κ3) is 1.77. The van der Waals surface area contributed by atoms with Gasteiger partial charge >= 0.3 is 0 Å². The van der Waals surface area contributed by atoms with Gasteiger partial charge in [0, 0.05) is 0 Å². The van der Waals surface area contributed by atoms with Crippen LogP contribution < -0.4 is 0 Å². The van der Waals surface area contributed by atoms with Crippen LogP contribution in [0.2, 0.25) is 0 Å². The highest BCUT2D eigenvalue weighted by atomic mass is 14.3. The van der Waals surface area contributed by atoms with E-state index in [4.69, 9.17) is 0 Å². The summed E-state index contributed by atoms with van der Waals surface area (Å²) in [6.07, 6.45) is 0. The topological polar surface area (TPSA) is 0 Å². The molecule has 0 aliphatic carbocycles. The van der Waals surface area contributed by atoms with Gasteiger partial charge in [0.1, 0.15) is 0 Å². The number of hydrogen-bond donors (Lipinski definition) is 0. The fourth-order valence-electron chi connectivity index (χ4n) is 7.64. The normalized spacial score (nSPS) is 13.0. The van der Waals surface area contributed by atoms with Gasteiger partial charge in [-0.3, -0.25) is 0 Å². The minimum absolute atomic E-state index is 1.33. The maximum Gasteiger partial charge on any atom is -0.000696 e. The number of hydrogen-bond acceptors (Lipinski definition) is 0. The smallest absolute Gasteiger partial charge is 0.000696 e. The second-order valence-corrected chi connectivity index (χ2v) is 10.4. The molecule has 10 aromatic carbocycles. The van der Waals surface area contributed by atoms with E-state index in [1.54, 1.807) is 0 Å². The molecule has 0 bridgehead atoms. The number of benzene rings is 7. The van der Waals surface area contributed by atoms with Crippen LogP contribution in [0.15, 0.2) is 109 Å². The van der Waals surface area contributed by atoms with Crippen molar-refractivity contribution in [2.75, 3.05) is 0 Å². The van der Waals surface area contributed by atoms with Crippen molar-refractivity contribution in [2.45, 2.75) is 0 Å². The van der Waals surface area contributed by atoms with Crippen molar-refractivity contribution in [3.8, 4) is 0 Å². The Labute approximate surface area is 206 Å².